The van der Waals surface area contributed by atoms with E-state index in [4.69, 9.17) is 12.2 Å². The number of anilines is 2. The first-order chi connectivity index (χ1) is 9.24. The second-order valence-corrected chi connectivity index (χ2v) is 5.21. The maximum absolute atomic E-state index is 5.52. The van der Waals surface area contributed by atoms with Crippen molar-refractivity contribution < 1.29 is 0 Å². The van der Waals surface area contributed by atoms with Crippen LogP contribution in [0, 0.1) is 6.92 Å². The maximum atomic E-state index is 5.52. The van der Waals surface area contributed by atoms with Gasteiger partial charge in [0, 0.05) is 17.9 Å². The van der Waals surface area contributed by atoms with Crippen LogP contribution >= 0.6 is 12.2 Å². The predicted molar refractivity (Wildman–Crippen MR) is 84.9 cm³/mol. The van der Waals surface area contributed by atoms with Gasteiger partial charge in [-0.25, -0.2) is 0 Å². The Kier molecular flexibility index (Phi) is 3.22. The zero-order valence-corrected chi connectivity index (χ0v) is 11.7. The molecule has 1 heterocycles. The molecular formula is C16H16N2S. The van der Waals surface area contributed by atoms with Crippen LogP contribution in [0.3, 0.4) is 0 Å². The minimum Gasteiger partial charge on any atom is -0.332 e. The molecule has 0 aromatic heterocycles. The first-order valence-electron chi connectivity index (χ1n) is 6.47. The number of nitrogens with zero attached hydrogens (tertiary/aromatic N) is 1. The van der Waals surface area contributed by atoms with Crippen LogP contribution in [0.1, 0.15) is 11.1 Å². The molecule has 3 heteroatoms. The summed E-state index contributed by atoms with van der Waals surface area (Å²) in [5.41, 5.74) is 4.89. The van der Waals surface area contributed by atoms with Crippen LogP contribution in [-0.2, 0) is 6.42 Å². The molecule has 2 aromatic rings. The van der Waals surface area contributed by atoms with E-state index in [-0.39, 0.29) is 0 Å². The van der Waals surface area contributed by atoms with Crippen molar-refractivity contribution in [3.05, 3.63) is 59.7 Å². The number of aryl methyl sites for hydroxylation is 1. The van der Waals surface area contributed by atoms with Crippen molar-refractivity contribution >= 4 is 28.7 Å². The van der Waals surface area contributed by atoms with Gasteiger partial charge in [-0.2, -0.15) is 0 Å². The van der Waals surface area contributed by atoms with Crippen molar-refractivity contribution in [1.29, 1.82) is 0 Å². The molecule has 0 fully saturated rings. The summed E-state index contributed by atoms with van der Waals surface area (Å²) >= 11 is 5.52. The highest BCUT2D eigenvalue weighted by Gasteiger charge is 2.21. The Hall–Kier alpha value is -1.87. The number of benzene rings is 2. The summed E-state index contributed by atoms with van der Waals surface area (Å²) in [6.07, 6.45) is 1.06. The summed E-state index contributed by atoms with van der Waals surface area (Å²) in [5, 5.41) is 4.08. The predicted octanol–water partition coefficient (Wildman–Crippen LogP) is 3.75. The largest absolute Gasteiger partial charge is 0.332 e. The summed E-state index contributed by atoms with van der Waals surface area (Å²) < 4.78 is 0. The van der Waals surface area contributed by atoms with Gasteiger partial charge in [0.25, 0.3) is 0 Å². The molecule has 1 N–H and O–H groups in total. The molecule has 0 radical (unpaired) electrons. The molecule has 0 unspecified atom stereocenters. The monoisotopic (exact) mass is 268 g/mol. The lowest BCUT2D eigenvalue weighted by atomic mass is 10.2. The summed E-state index contributed by atoms with van der Waals surface area (Å²) in [6.45, 7) is 3.04. The number of thiocarbonyl (C=S) groups is 1. The van der Waals surface area contributed by atoms with Crippen molar-refractivity contribution in [1.82, 2.24) is 0 Å². The van der Waals surface area contributed by atoms with E-state index in [0.29, 0.717) is 0 Å². The zero-order chi connectivity index (χ0) is 13.2. The first-order valence-corrected chi connectivity index (χ1v) is 6.88. The molecule has 0 aliphatic carbocycles. The van der Waals surface area contributed by atoms with Gasteiger partial charge in [0.2, 0.25) is 0 Å². The second kappa shape index (κ2) is 5.02. The second-order valence-electron chi connectivity index (χ2n) is 4.83. The topological polar surface area (TPSA) is 15.3 Å². The van der Waals surface area contributed by atoms with E-state index < -0.39 is 0 Å². The lowest BCUT2D eigenvalue weighted by molar-refractivity contribution is 1.03. The van der Waals surface area contributed by atoms with E-state index in [2.05, 4.69) is 65.7 Å². The van der Waals surface area contributed by atoms with Crippen molar-refractivity contribution in [3.8, 4) is 0 Å². The van der Waals surface area contributed by atoms with Gasteiger partial charge in [-0.3, -0.25) is 0 Å². The fourth-order valence-electron chi connectivity index (χ4n) is 2.38. The lowest BCUT2D eigenvalue weighted by Gasteiger charge is -2.21. The normalized spacial score (nSPS) is 13.2. The number of rotatable bonds is 1. The molecule has 0 saturated heterocycles. The van der Waals surface area contributed by atoms with Crippen LogP contribution in [-0.4, -0.2) is 11.7 Å². The number of nitrogens with one attached hydrogen (secondary N) is 1. The fourth-order valence-corrected chi connectivity index (χ4v) is 2.68. The summed E-state index contributed by atoms with van der Waals surface area (Å²) in [5.74, 6) is 0. The first kappa shape index (κ1) is 12.2. The lowest BCUT2D eigenvalue weighted by Crippen LogP contribution is -2.33. The molecule has 0 amide bonds. The Morgan fingerprint density at radius 2 is 1.84 bits per heavy atom. The molecule has 1 aliphatic heterocycles. The smallest absolute Gasteiger partial charge is 0.177 e. The van der Waals surface area contributed by atoms with E-state index in [1.54, 1.807) is 0 Å². The average molecular weight is 268 g/mol. The minimum atomic E-state index is 0.772. The molecule has 1 aliphatic rings. The van der Waals surface area contributed by atoms with Crippen molar-refractivity contribution in [2.45, 2.75) is 13.3 Å². The van der Waals surface area contributed by atoms with Crippen LogP contribution in [0.2, 0.25) is 0 Å². The molecule has 2 aromatic carbocycles. The van der Waals surface area contributed by atoms with Gasteiger partial charge in [0.1, 0.15) is 0 Å². The molecule has 0 bridgehead atoms. The van der Waals surface area contributed by atoms with Crippen molar-refractivity contribution in [2.24, 2.45) is 0 Å². The van der Waals surface area contributed by atoms with E-state index in [0.717, 1.165) is 23.8 Å². The number of fused-ring (bicyclic) bond motifs is 1. The Morgan fingerprint density at radius 1 is 1.11 bits per heavy atom. The SMILES string of the molecule is Cc1ccc(NC(=S)N2CCc3ccccc32)cc1. The molecule has 96 valence electrons. The maximum Gasteiger partial charge on any atom is 0.177 e. The van der Waals surface area contributed by atoms with Gasteiger partial charge in [-0.15, -0.1) is 0 Å². The summed E-state index contributed by atoms with van der Waals surface area (Å²) in [4.78, 5) is 2.17. The molecular weight excluding hydrogens is 252 g/mol. The zero-order valence-electron chi connectivity index (χ0n) is 10.9. The fraction of sp³-hybridized carbons (Fsp3) is 0.188. The standard InChI is InChI=1S/C16H16N2S/c1-12-6-8-14(9-7-12)17-16(19)18-11-10-13-4-2-3-5-15(13)18/h2-9H,10-11H2,1H3,(H,17,19). The average Bonchev–Trinajstić information content (AvgIpc) is 2.85. The van der Waals surface area contributed by atoms with Gasteiger partial charge in [-0.1, -0.05) is 35.9 Å². The molecule has 19 heavy (non-hydrogen) atoms. The van der Waals surface area contributed by atoms with Gasteiger partial charge < -0.3 is 10.2 Å². The minimum absolute atomic E-state index is 0.772. The summed E-state index contributed by atoms with van der Waals surface area (Å²) in [7, 11) is 0. The highest BCUT2D eigenvalue weighted by atomic mass is 32.1. The van der Waals surface area contributed by atoms with Gasteiger partial charge >= 0.3 is 0 Å². The highest BCUT2D eigenvalue weighted by Crippen LogP contribution is 2.28. The molecule has 0 atom stereocenters. The Balaban J connectivity index is 1.77. The third kappa shape index (κ3) is 2.47. The molecule has 3 rings (SSSR count). The van der Waals surface area contributed by atoms with Crippen LogP contribution in [0.15, 0.2) is 48.5 Å². The van der Waals surface area contributed by atoms with Crippen LogP contribution in [0.4, 0.5) is 11.4 Å². The van der Waals surface area contributed by atoms with Crippen LogP contribution in [0.5, 0.6) is 0 Å². The highest BCUT2D eigenvalue weighted by molar-refractivity contribution is 7.80. The molecule has 2 nitrogen and oxygen atoms in total. The van der Waals surface area contributed by atoms with Gasteiger partial charge in [0.15, 0.2) is 5.11 Å². The van der Waals surface area contributed by atoms with E-state index in [1.807, 2.05) is 0 Å². The molecule has 0 saturated carbocycles. The Bertz CT molecular complexity index is 604. The van der Waals surface area contributed by atoms with Crippen LogP contribution in [0.25, 0.3) is 0 Å². The van der Waals surface area contributed by atoms with Gasteiger partial charge in [-0.05, 0) is 49.3 Å². The molecule has 0 spiro atoms. The summed E-state index contributed by atoms with van der Waals surface area (Å²) in [6, 6.07) is 16.7. The van der Waals surface area contributed by atoms with E-state index >= 15 is 0 Å². The third-order valence-corrected chi connectivity index (χ3v) is 3.76. The Morgan fingerprint density at radius 3 is 2.63 bits per heavy atom. The van der Waals surface area contributed by atoms with Gasteiger partial charge in [0.05, 0.1) is 0 Å². The Labute approximate surface area is 119 Å². The van der Waals surface area contributed by atoms with Crippen molar-refractivity contribution in [3.63, 3.8) is 0 Å². The third-order valence-electron chi connectivity index (χ3n) is 3.44. The van der Waals surface area contributed by atoms with Crippen molar-refractivity contribution in [2.75, 3.05) is 16.8 Å². The number of hydrogen-bond donors (Lipinski definition) is 1. The van der Waals surface area contributed by atoms with Crippen LogP contribution < -0.4 is 10.2 Å². The number of hydrogen-bond acceptors (Lipinski definition) is 1. The van der Waals surface area contributed by atoms with E-state index in [1.165, 1.54) is 16.8 Å². The number of para-hydroxylation sites is 1. The van der Waals surface area contributed by atoms with E-state index in [9.17, 15) is 0 Å². The quantitative estimate of drug-likeness (QED) is 0.793.